The largest absolute Gasteiger partial charge is 0.373 e. The minimum atomic E-state index is 0.166. The molecule has 1 aliphatic rings. The van der Waals surface area contributed by atoms with Crippen molar-refractivity contribution in [2.45, 2.75) is 44.8 Å². The Balaban J connectivity index is 1.67. The number of aromatic nitrogens is 2. The number of hydrogen-bond acceptors (Lipinski definition) is 4. The molecule has 116 valence electrons. The van der Waals surface area contributed by atoms with E-state index in [-0.39, 0.29) is 6.10 Å². The molecule has 0 spiro atoms. The van der Waals surface area contributed by atoms with Gasteiger partial charge in [0.25, 0.3) is 0 Å². The van der Waals surface area contributed by atoms with Crippen molar-refractivity contribution >= 4 is 5.82 Å². The van der Waals surface area contributed by atoms with Gasteiger partial charge in [-0.25, -0.2) is 9.97 Å². The van der Waals surface area contributed by atoms with Gasteiger partial charge in [0.1, 0.15) is 11.6 Å². The van der Waals surface area contributed by atoms with Crippen molar-refractivity contribution < 1.29 is 4.74 Å². The highest BCUT2D eigenvalue weighted by molar-refractivity contribution is 5.35. The van der Waals surface area contributed by atoms with E-state index in [9.17, 15) is 0 Å². The van der Waals surface area contributed by atoms with Crippen LogP contribution in [0.2, 0.25) is 0 Å². The molecule has 2 heterocycles. The van der Waals surface area contributed by atoms with Crippen LogP contribution in [-0.2, 0) is 4.74 Å². The fraction of sp³-hybridized carbons (Fsp3) is 0.444. The summed E-state index contributed by atoms with van der Waals surface area (Å²) in [5, 5.41) is 3.54. The van der Waals surface area contributed by atoms with E-state index < -0.39 is 0 Å². The van der Waals surface area contributed by atoms with Gasteiger partial charge in [-0.1, -0.05) is 44.2 Å². The van der Waals surface area contributed by atoms with Gasteiger partial charge in [-0.2, -0.15) is 0 Å². The molecule has 0 amide bonds. The third-order valence-corrected chi connectivity index (χ3v) is 4.00. The van der Waals surface area contributed by atoms with E-state index in [0.29, 0.717) is 12.0 Å². The predicted octanol–water partition coefficient (Wildman–Crippen LogP) is 3.93. The summed E-state index contributed by atoms with van der Waals surface area (Å²) >= 11 is 0. The summed E-state index contributed by atoms with van der Waals surface area (Å²) in [6, 6.07) is 12.8. The average molecular weight is 297 g/mol. The summed E-state index contributed by atoms with van der Waals surface area (Å²) in [5.41, 5.74) is 1.25. The van der Waals surface area contributed by atoms with Crippen molar-refractivity contribution in [3.63, 3.8) is 0 Å². The van der Waals surface area contributed by atoms with Crippen molar-refractivity contribution in [2.75, 3.05) is 11.9 Å². The molecular weight excluding hydrogens is 274 g/mol. The van der Waals surface area contributed by atoms with E-state index in [1.54, 1.807) is 0 Å². The Kier molecular flexibility index (Phi) is 4.68. The van der Waals surface area contributed by atoms with E-state index in [2.05, 4.69) is 53.4 Å². The lowest BCUT2D eigenvalue weighted by Gasteiger charge is -2.30. The molecule has 0 aliphatic carbocycles. The van der Waals surface area contributed by atoms with Crippen LogP contribution in [0.25, 0.3) is 0 Å². The summed E-state index contributed by atoms with van der Waals surface area (Å²) in [7, 11) is 0. The molecular formula is C18H23N3O. The summed E-state index contributed by atoms with van der Waals surface area (Å²) in [5.74, 6) is 2.14. The Morgan fingerprint density at radius 1 is 1.18 bits per heavy atom. The SMILES string of the molecule is CC(C)c1nccc(NC2CCOC(c3ccccc3)C2)n1. The van der Waals surface area contributed by atoms with Crippen LogP contribution in [0.5, 0.6) is 0 Å². The number of nitrogens with one attached hydrogen (secondary N) is 1. The summed E-state index contributed by atoms with van der Waals surface area (Å²) < 4.78 is 5.92. The second-order valence-electron chi connectivity index (χ2n) is 6.09. The van der Waals surface area contributed by atoms with Crippen LogP contribution < -0.4 is 5.32 Å². The molecule has 1 aliphatic heterocycles. The fourth-order valence-electron chi connectivity index (χ4n) is 2.77. The zero-order valence-electron chi connectivity index (χ0n) is 13.2. The lowest BCUT2D eigenvalue weighted by molar-refractivity contribution is 0.00974. The minimum Gasteiger partial charge on any atom is -0.373 e. The Bertz CT molecular complexity index is 600. The van der Waals surface area contributed by atoms with Gasteiger partial charge in [-0.05, 0) is 24.5 Å². The predicted molar refractivity (Wildman–Crippen MR) is 87.9 cm³/mol. The maximum absolute atomic E-state index is 5.92. The van der Waals surface area contributed by atoms with E-state index >= 15 is 0 Å². The standard InChI is InChI=1S/C18H23N3O/c1-13(2)18-19-10-8-17(21-18)20-15-9-11-22-16(12-15)14-6-4-3-5-7-14/h3-8,10,13,15-16H,9,11-12H2,1-2H3,(H,19,20,21). The molecule has 0 bridgehead atoms. The van der Waals surface area contributed by atoms with Gasteiger partial charge >= 0.3 is 0 Å². The quantitative estimate of drug-likeness (QED) is 0.928. The van der Waals surface area contributed by atoms with Crippen molar-refractivity contribution in [3.8, 4) is 0 Å². The van der Waals surface area contributed by atoms with Crippen molar-refractivity contribution in [3.05, 3.63) is 54.0 Å². The van der Waals surface area contributed by atoms with Crippen LogP contribution in [0.15, 0.2) is 42.6 Å². The maximum Gasteiger partial charge on any atom is 0.133 e. The number of nitrogens with zero attached hydrogens (tertiary/aromatic N) is 2. The maximum atomic E-state index is 5.92. The third kappa shape index (κ3) is 3.63. The molecule has 0 saturated carbocycles. The van der Waals surface area contributed by atoms with E-state index in [1.807, 2.05) is 18.3 Å². The first-order chi connectivity index (χ1) is 10.7. The van der Waals surface area contributed by atoms with Crippen LogP contribution >= 0.6 is 0 Å². The van der Waals surface area contributed by atoms with Gasteiger partial charge in [0.05, 0.1) is 6.10 Å². The van der Waals surface area contributed by atoms with Gasteiger partial charge in [-0.15, -0.1) is 0 Å². The van der Waals surface area contributed by atoms with Gasteiger partial charge in [-0.3, -0.25) is 0 Å². The Morgan fingerprint density at radius 2 is 2.00 bits per heavy atom. The molecule has 1 aromatic heterocycles. The first-order valence-electron chi connectivity index (χ1n) is 7.98. The summed E-state index contributed by atoms with van der Waals surface area (Å²) in [4.78, 5) is 8.92. The highest BCUT2D eigenvalue weighted by Crippen LogP contribution is 2.29. The van der Waals surface area contributed by atoms with Gasteiger partial charge in [0.2, 0.25) is 0 Å². The Hall–Kier alpha value is -1.94. The normalized spacial score (nSPS) is 21.8. The molecule has 2 unspecified atom stereocenters. The summed E-state index contributed by atoms with van der Waals surface area (Å²) in [6.07, 6.45) is 3.97. The topological polar surface area (TPSA) is 47.0 Å². The first kappa shape index (κ1) is 15.0. The van der Waals surface area contributed by atoms with Crippen LogP contribution in [0.3, 0.4) is 0 Å². The Labute approximate surface area is 132 Å². The van der Waals surface area contributed by atoms with E-state index in [4.69, 9.17) is 4.74 Å². The lowest BCUT2D eigenvalue weighted by Crippen LogP contribution is -2.30. The molecule has 1 saturated heterocycles. The average Bonchev–Trinajstić information content (AvgIpc) is 2.56. The number of ether oxygens (including phenoxy) is 1. The molecule has 3 rings (SSSR count). The molecule has 22 heavy (non-hydrogen) atoms. The van der Waals surface area contributed by atoms with Crippen molar-refractivity contribution in [1.82, 2.24) is 9.97 Å². The fourth-order valence-corrected chi connectivity index (χ4v) is 2.77. The van der Waals surface area contributed by atoms with Crippen LogP contribution in [0.4, 0.5) is 5.82 Å². The zero-order valence-corrected chi connectivity index (χ0v) is 13.2. The second-order valence-corrected chi connectivity index (χ2v) is 6.09. The van der Waals surface area contributed by atoms with Crippen LogP contribution in [0, 0.1) is 0 Å². The highest BCUT2D eigenvalue weighted by Gasteiger charge is 2.24. The van der Waals surface area contributed by atoms with Crippen molar-refractivity contribution in [2.24, 2.45) is 0 Å². The monoisotopic (exact) mass is 297 g/mol. The summed E-state index contributed by atoms with van der Waals surface area (Å²) in [6.45, 7) is 5.00. The number of rotatable bonds is 4. The van der Waals surface area contributed by atoms with Gasteiger partial charge < -0.3 is 10.1 Å². The zero-order chi connectivity index (χ0) is 15.4. The number of benzene rings is 1. The Morgan fingerprint density at radius 3 is 2.77 bits per heavy atom. The lowest BCUT2D eigenvalue weighted by atomic mass is 9.97. The molecule has 2 aromatic rings. The first-order valence-corrected chi connectivity index (χ1v) is 7.98. The van der Waals surface area contributed by atoms with E-state index in [0.717, 1.165) is 31.1 Å². The van der Waals surface area contributed by atoms with Gasteiger partial charge in [0, 0.05) is 24.8 Å². The molecule has 4 heteroatoms. The minimum absolute atomic E-state index is 0.166. The molecule has 0 radical (unpaired) electrons. The molecule has 1 fully saturated rings. The van der Waals surface area contributed by atoms with Crippen molar-refractivity contribution in [1.29, 1.82) is 0 Å². The molecule has 1 aromatic carbocycles. The number of hydrogen-bond donors (Lipinski definition) is 1. The highest BCUT2D eigenvalue weighted by atomic mass is 16.5. The third-order valence-electron chi connectivity index (χ3n) is 4.00. The molecule has 1 N–H and O–H groups in total. The number of anilines is 1. The van der Waals surface area contributed by atoms with Crippen LogP contribution in [0.1, 0.15) is 50.1 Å². The van der Waals surface area contributed by atoms with E-state index in [1.165, 1.54) is 5.56 Å². The smallest absolute Gasteiger partial charge is 0.133 e. The van der Waals surface area contributed by atoms with Gasteiger partial charge in [0.15, 0.2) is 0 Å². The van der Waals surface area contributed by atoms with Crippen LogP contribution in [-0.4, -0.2) is 22.6 Å². The molecule has 2 atom stereocenters. The second kappa shape index (κ2) is 6.88. The molecule has 4 nitrogen and oxygen atoms in total.